The summed E-state index contributed by atoms with van der Waals surface area (Å²) in [4.78, 5) is 3.81. The lowest BCUT2D eigenvalue weighted by Gasteiger charge is -2.14. The standard InChI is InChI=1S/C8H11ClN2O/c1-5(12)8(10)6-2-3-11-7(9)4-6/h2-5,8,12H,10H2,1H3/t5-,8+/m0/s1. The highest BCUT2D eigenvalue weighted by Crippen LogP contribution is 2.16. The first kappa shape index (κ1) is 9.45. The Kier molecular flexibility index (Phi) is 3.03. The molecule has 66 valence electrons. The zero-order chi connectivity index (χ0) is 9.14. The maximum Gasteiger partial charge on any atom is 0.129 e. The zero-order valence-corrected chi connectivity index (χ0v) is 7.49. The van der Waals surface area contributed by atoms with Crippen molar-refractivity contribution in [3.8, 4) is 0 Å². The molecular formula is C8H11ClN2O. The molecule has 0 fully saturated rings. The van der Waals surface area contributed by atoms with Crippen molar-refractivity contribution in [3.05, 3.63) is 29.0 Å². The highest BCUT2D eigenvalue weighted by atomic mass is 35.5. The first-order valence-electron chi connectivity index (χ1n) is 3.66. The molecule has 0 aliphatic rings. The van der Waals surface area contributed by atoms with E-state index in [0.29, 0.717) is 5.15 Å². The van der Waals surface area contributed by atoms with Crippen LogP contribution in [-0.2, 0) is 0 Å². The Hall–Kier alpha value is -0.640. The van der Waals surface area contributed by atoms with E-state index >= 15 is 0 Å². The summed E-state index contributed by atoms with van der Waals surface area (Å²) in [7, 11) is 0. The Balaban J connectivity index is 2.88. The first-order chi connectivity index (χ1) is 5.61. The van der Waals surface area contributed by atoms with Gasteiger partial charge in [0.25, 0.3) is 0 Å². The normalized spacial score (nSPS) is 15.7. The predicted octanol–water partition coefficient (Wildman–Crippen LogP) is 1.12. The second-order valence-electron chi connectivity index (χ2n) is 2.68. The minimum atomic E-state index is -0.580. The fraction of sp³-hybridized carbons (Fsp3) is 0.375. The Morgan fingerprint density at radius 3 is 2.83 bits per heavy atom. The van der Waals surface area contributed by atoms with E-state index in [4.69, 9.17) is 17.3 Å². The van der Waals surface area contributed by atoms with Gasteiger partial charge in [-0.2, -0.15) is 0 Å². The summed E-state index contributed by atoms with van der Waals surface area (Å²) in [5, 5.41) is 9.57. The first-order valence-corrected chi connectivity index (χ1v) is 4.04. The maximum atomic E-state index is 9.18. The summed E-state index contributed by atoms with van der Waals surface area (Å²) in [6, 6.07) is 2.99. The average Bonchev–Trinajstić information content (AvgIpc) is 2.03. The van der Waals surface area contributed by atoms with Crippen molar-refractivity contribution in [3.63, 3.8) is 0 Å². The van der Waals surface area contributed by atoms with Gasteiger partial charge in [0.05, 0.1) is 12.1 Å². The van der Waals surface area contributed by atoms with Crippen LogP contribution in [0.4, 0.5) is 0 Å². The van der Waals surface area contributed by atoms with E-state index in [1.807, 2.05) is 0 Å². The van der Waals surface area contributed by atoms with Crippen LogP contribution in [0.1, 0.15) is 18.5 Å². The monoisotopic (exact) mass is 186 g/mol. The van der Waals surface area contributed by atoms with Gasteiger partial charge in [0.15, 0.2) is 0 Å². The molecule has 0 aliphatic heterocycles. The number of pyridine rings is 1. The number of nitrogens with zero attached hydrogens (tertiary/aromatic N) is 1. The summed E-state index contributed by atoms with van der Waals surface area (Å²) in [6.07, 6.45) is 0.989. The van der Waals surface area contributed by atoms with Crippen LogP contribution in [0.3, 0.4) is 0 Å². The fourth-order valence-electron chi connectivity index (χ4n) is 0.903. The third kappa shape index (κ3) is 2.17. The predicted molar refractivity (Wildman–Crippen MR) is 47.9 cm³/mol. The van der Waals surface area contributed by atoms with E-state index in [1.54, 1.807) is 25.3 Å². The molecule has 4 heteroatoms. The van der Waals surface area contributed by atoms with E-state index in [9.17, 15) is 5.11 Å². The van der Waals surface area contributed by atoms with Gasteiger partial charge in [-0.1, -0.05) is 11.6 Å². The van der Waals surface area contributed by atoms with E-state index in [-0.39, 0.29) is 0 Å². The van der Waals surface area contributed by atoms with E-state index in [1.165, 1.54) is 0 Å². The van der Waals surface area contributed by atoms with Gasteiger partial charge in [-0.25, -0.2) is 4.98 Å². The van der Waals surface area contributed by atoms with Gasteiger partial charge in [-0.15, -0.1) is 0 Å². The van der Waals surface area contributed by atoms with Crippen LogP contribution < -0.4 is 5.73 Å². The lowest BCUT2D eigenvalue weighted by molar-refractivity contribution is 0.164. The Morgan fingerprint density at radius 2 is 2.33 bits per heavy atom. The summed E-state index contributed by atoms with van der Waals surface area (Å²) in [5.74, 6) is 0. The van der Waals surface area contributed by atoms with Gasteiger partial charge in [-0.05, 0) is 24.6 Å². The summed E-state index contributed by atoms with van der Waals surface area (Å²) < 4.78 is 0. The quantitative estimate of drug-likeness (QED) is 0.681. The largest absolute Gasteiger partial charge is 0.391 e. The molecule has 1 heterocycles. The van der Waals surface area contributed by atoms with Crippen molar-refractivity contribution in [1.29, 1.82) is 0 Å². The van der Waals surface area contributed by atoms with E-state index in [2.05, 4.69) is 4.98 Å². The Bertz CT molecular complexity index is 265. The van der Waals surface area contributed by atoms with Crippen LogP contribution >= 0.6 is 11.6 Å². The minimum Gasteiger partial charge on any atom is -0.391 e. The van der Waals surface area contributed by atoms with Crippen LogP contribution in [0.5, 0.6) is 0 Å². The van der Waals surface area contributed by atoms with Gasteiger partial charge < -0.3 is 10.8 Å². The molecule has 0 aromatic carbocycles. The van der Waals surface area contributed by atoms with Crippen molar-refractivity contribution in [1.82, 2.24) is 4.98 Å². The number of aliphatic hydroxyl groups is 1. The molecule has 1 aromatic rings. The molecule has 0 spiro atoms. The molecule has 0 saturated carbocycles. The molecule has 0 saturated heterocycles. The van der Waals surface area contributed by atoms with Gasteiger partial charge in [0.2, 0.25) is 0 Å². The second-order valence-corrected chi connectivity index (χ2v) is 3.07. The number of rotatable bonds is 2. The van der Waals surface area contributed by atoms with Gasteiger partial charge >= 0.3 is 0 Å². The van der Waals surface area contributed by atoms with Gasteiger partial charge in [0.1, 0.15) is 5.15 Å². The highest BCUT2D eigenvalue weighted by Gasteiger charge is 2.11. The molecule has 2 atom stereocenters. The van der Waals surface area contributed by atoms with E-state index in [0.717, 1.165) is 5.56 Å². The van der Waals surface area contributed by atoms with Crippen molar-refractivity contribution in [2.45, 2.75) is 19.1 Å². The van der Waals surface area contributed by atoms with Crippen LogP contribution in [0.15, 0.2) is 18.3 Å². The smallest absolute Gasteiger partial charge is 0.129 e. The molecule has 1 rings (SSSR count). The summed E-state index contributed by atoms with van der Waals surface area (Å²) in [5.41, 5.74) is 6.47. The zero-order valence-electron chi connectivity index (χ0n) is 6.74. The molecule has 0 aliphatic carbocycles. The lowest BCUT2D eigenvalue weighted by Crippen LogP contribution is -2.23. The van der Waals surface area contributed by atoms with Crippen LogP contribution in [0, 0.1) is 0 Å². The number of hydrogen-bond donors (Lipinski definition) is 2. The molecule has 12 heavy (non-hydrogen) atoms. The highest BCUT2D eigenvalue weighted by molar-refractivity contribution is 6.29. The number of nitrogens with two attached hydrogens (primary N) is 1. The molecule has 1 aromatic heterocycles. The molecule has 0 radical (unpaired) electrons. The molecule has 0 unspecified atom stereocenters. The number of hydrogen-bond acceptors (Lipinski definition) is 3. The van der Waals surface area contributed by atoms with Crippen LogP contribution in [-0.4, -0.2) is 16.2 Å². The van der Waals surface area contributed by atoms with Crippen molar-refractivity contribution in [2.75, 3.05) is 0 Å². The minimum absolute atomic E-state index is 0.392. The Labute approximate surface area is 76.2 Å². The summed E-state index contributed by atoms with van der Waals surface area (Å²) in [6.45, 7) is 1.64. The molecule has 0 bridgehead atoms. The number of aliphatic hydroxyl groups excluding tert-OH is 1. The van der Waals surface area contributed by atoms with E-state index < -0.39 is 12.1 Å². The third-order valence-corrected chi connectivity index (χ3v) is 1.86. The summed E-state index contributed by atoms with van der Waals surface area (Å²) >= 11 is 5.65. The Morgan fingerprint density at radius 1 is 1.67 bits per heavy atom. The maximum absolute atomic E-state index is 9.18. The number of halogens is 1. The van der Waals surface area contributed by atoms with Crippen molar-refractivity contribution < 1.29 is 5.11 Å². The van der Waals surface area contributed by atoms with Crippen molar-refractivity contribution >= 4 is 11.6 Å². The van der Waals surface area contributed by atoms with Crippen molar-refractivity contribution in [2.24, 2.45) is 5.73 Å². The molecular weight excluding hydrogens is 176 g/mol. The average molecular weight is 187 g/mol. The molecule has 0 amide bonds. The van der Waals surface area contributed by atoms with Gasteiger partial charge in [0, 0.05) is 6.20 Å². The van der Waals surface area contributed by atoms with Crippen LogP contribution in [0.2, 0.25) is 5.15 Å². The van der Waals surface area contributed by atoms with Gasteiger partial charge in [-0.3, -0.25) is 0 Å². The molecule has 3 N–H and O–H groups in total. The second kappa shape index (κ2) is 3.85. The molecule has 3 nitrogen and oxygen atoms in total. The topological polar surface area (TPSA) is 59.1 Å². The SMILES string of the molecule is C[C@H](O)[C@@H](N)c1ccnc(Cl)c1. The fourth-order valence-corrected chi connectivity index (χ4v) is 1.09. The number of aromatic nitrogens is 1. The third-order valence-electron chi connectivity index (χ3n) is 1.66. The lowest BCUT2D eigenvalue weighted by atomic mass is 10.1. The van der Waals surface area contributed by atoms with Crippen LogP contribution in [0.25, 0.3) is 0 Å².